The highest BCUT2D eigenvalue weighted by Gasteiger charge is 2.25. The molecule has 3 nitrogen and oxygen atoms in total. The molecule has 1 N–H and O–H groups in total. The minimum absolute atomic E-state index is 0.0295. The third-order valence-corrected chi connectivity index (χ3v) is 2.12. The SMILES string of the molecule is O=C(NCCCC(F)(F)F)c1ccnc(Cl)c1. The molecule has 0 aromatic carbocycles. The third kappa shape index (κ3) is 5.53. The van der Waals surface area contributed by atoms with Crippen LogP contribution in [0.25, 0.3) is 0 Å². The lowest BCUT2D eigenvalue weighted by molar-refractivity contribution is -0.135. The maximum atomic E-state index is 11.8. The molecule has 0 saturated heterocycles. The number of carbonyl (C=O) groups excluding carboxylic acids is 1. The Bertz CT molecular complexity index is 395. The van der Waals surface area contributed by atoms with Crippen LogP contribution in [0.3, 0.4) is 0 Å². The number of hydrogen-bond donors (Lipinski definition) is 1. The molecule has 0 unspecified atom stereocenters. The maximum absolute atomic E-state index is 11.8. The molecule has 0 aliphatic carbocycles. The Labute approximate surface area is 101 Å². The van der Waals surface area contributed by atoms with Crippen molar-refractivity contribution in [1.29, 1.82) is 0 Å². The number of hydrogen-bond acceptors (Lipinski definition) is 2. The van der Waals surface area contributed by atoms with E-state index < -0.39 is 18.5 Å². The summed E-state index contributed by atoms with van der Waals surface area (Å²) in [4.78, 5) is 15.1. The first-order chi connectivity index (χ1) is 7.88. The summed E-state index contributed by atoms with van der Waals surface area (Å²) >= 11 is 5.57. The molecule has 0 saturated carbocycles. The molecule has 0 fully saturated rings. The van der Waals surface area contributed by atoms with Crippen molar-refractivity contribution in [2.75, 3.05) is 6.54 Å². The molecular weight excluding hydrogens is 257 g/mol. The summed E-state index contributed by atoms with van der Waals surface area (Å²) in [7, 11) is 0. The topological polar surface area (TPSA) is 42.0 Å². The van der Waals surface area contributed by atoms with Gasteiger partial charge in [-0.1, -0.05) is 11.6 Å². The summed E-state index contributed by atoms with van der Waals surface area (Å²) in [5.74, 6) is -0.462. The average molecular weight is 267 g/mol. The van der Waals surface area contributed by atoms with Crippen molar-refractivity contribution in [1.82, 2.24) is 10.3 Å². The monoisotopic (exact) mass is 266 g/mol. The Kier molecular flexibility index (Phi) is 4.74. The van der Waals surface area contributed by atoms with E-state index in [1.165, 1.54) is 18.3 Å². The summed E-state index contributed by atoms with van der Waals surface area (Å²) < 4.78 is 35.5. The number of nitrogens with one attached hydrogen (secondary N) is 1. The number of rotatable bonds is 4. The van der Waals surface area contributed by atoms with Crippen LogP contribution in [-0.4, -0.2) is 23.6 Å². The quantitative estimate of drug-likeness (QED) is 0.673. The van der Waals surface area contributed by atoms with Crippen molar-refractivity contribution < 1.29 is 18.0 Å². The number of halogens is 4. The summed E-state index contributed by atoms with van der Waals surface area (Å²) in [6.45, 7) is -0.0295. The van der Waals surface area contributed by atoms with Gasteiger partial charge in [0.2, 0.25) is 0 Å². The first-order valence-electron chi connectivity index (χ1n) is 4.85. The Balaban J connectivity index is 2.36. The predicted molar refractivity (Wildman–Crippen MR) is 56.9 cm³/mol. The lowest BCUT2D eigenvalue weighted by Gasteiger charge is -2.07. The van der Waals surface area contributed by atoms with Gasteiger partial charge in [0.1, 0.15) is 5.15 Å². The fraction of sp³-hybridized carbons (Fsp3) is 0.400. The van der Waals surface area contributed by atoms with Crippen molar-refractivity contribution >= 4 is 17.5 Å². The van der Waals surface area contributed by atoms with Crippen molar-refractivity contribution in [2.24, 2.45) is 0 Å². The van der Waals surface area contributed by atoms with Gasteiger partial charge in [-0.05, 0) is 18.6 Å². The van der Waals surface area contributed by atoms with Gasteiger partial charge in [0.05, 0.1) is 0 Å². The smallest absolute Gasteiger partial charge is 0.352 e. The van der Waals surface area contributed by atoms with E-state index >= 15 is 0 Å². The second-order valence-corrected chi connectivity index (χ2v) is 3.73. The van der Waals surface area contributed by atoms with Crippen LogP contribution < -0.4 is 5.32 Å². The Morgan fingerprint density at radius 3 is 2.76 bits per heavy atom. The van der Waals surface area contributed by atoms with Crippen molar-refractivity contribution in [3.8, 4) is 0 Å². The van der Waals surface area contributed by atoms with Gasteiger partial charge in [-0.3, -0.25) is 4.79 Å². The highest BCUT2D eigenvalue weighted by atomic mass is 35.5. The molecule has 0 spiro atoms. The molecule has 1 rings (SSSR count). The number of aromatic nitrogens is 1. The molecule has 0 aliphatic heterocycles. The summed E-state index contributed by atoms with van der Waals surface area (Å²) in [5.41, 5.74) is 0.275. The Hall–Kier alpha value is -1.30. The van der Waals surface area contributed by atoms with E-state index in [1.54, 1.807) is 0 Å². The third-order valence-electron chi connectivity index (χ3n) is 1.91. The zero-order chi connectivity index (χ0) is 12.9. The molecule has 0 aliphatic rings. The summed E-state index contributed by atoms with van der Waals surface area (Å²) in [6, 6.07) is 2.78. The summed E-state index contributed by atoms with van der Waals surface area (Å²) in [6.07, 6.45) is -3.89. The molecule has 0 bridgehead atoms. The van der Waals surface area contributed by atoms with Crippen LogP contribution in [0, 0.1) is 0 Å². The molecule has 0 radical (unpaired) electrons. The highest BCUT2D eigenvalue weighted by Crippen LogP contribution is 2.20. The standard InChI is InChI=1S/C10H10ClF3N2O/c11-8-6-7(2-5-15-8)9(17)16-4-1-3-10(12,13)14/h2,5-6H,1,3-4H2,(H,16,17). The predicted octanol–water partition coefficient (Wildman–Crippen LogP) is 2.81. The normalized spacial score (nSPS) is 11.3. The van der Waals surface area contributed by atoms with Gasteiger partial charge in [-0.2, -0.15) is 13.2 Å². The number of nitrogens with zero attached hydrogens (tertiary/aromatic N) is 1. The minimum atomic E-state index is -4.19. The van der Waals surface area contributed by atoms with Crippen LogP contribution >= 0.6 is 11.6 Å². The van der Waals surface area contributed by atoms with Crippen LogP contribution in [0.1, 0.15) is 23.2 Å². The number of amides is 1. The van der Waals surface area contributed by atoms with Gasteiger partial charge in [-0.15, -0.1) is 0 Å². The lowest BCUT2D eigenvalue weighted by Crippen LogP contribution is -2.25. The molecule has 17 heavy (non-hydrogen) atoms. The van der Waals surface area contributed by atoms with Gasteiger partial charge >= 0.3 is 6.18 Å². The number of alkyl halides is 3. The van der Waals surface area contributed by atoms with Gasteiger partial charge in [0.15, 0.2) is 0 Å². The molecule has 94 valence electrons. The molecule has 1 aromatic rings. The van der Waals surface area contributed by atoms with E-state index in [9.17, 15) is 18.0 Å². The first kappa shape index (κ1) is 13.8. The highest BCUT2D eigenvalue weighted by molar-refractivity contribution is 6.29. The molecular formula is C10H10ClF3N2O. The van der Waals surface area contributed by atoms with Crippen LogP contribution in [0.5, 0.6) is 0 Å². The van der Waals surface area contributed by atoms with E-state index in [0.29, 0.717) is 0 Å². The van der Waals surface area contributed by atoms with E-state index in [0.717, 1.165) is 0 Å². The number of pyridine rings is 1. The van der Waals surface area contributed by atoms with Crippen LogP contribution in [0.4, 0.5) is 13.2 Å². The molecule has 7 heteroatoms. The summed E-state index contributed by atoms with van der Waals surface area (Å²) in [5, 5.41) is 2.53. The van der Waals surface area contributed by atoms with Crippen molar-refractivity contribution in [2.45, 2.75) is 19.0 Å². The maximum Gasteiger partial charge on any atom is 0.389 e. The van der Waals surface area contributed by atoms with Gasteiger partial charge in [0.25, 0.3) is 5.91 Å². The lowest BCUT2D eigenvalue weighted by atomic mass is 10.2. The largest absolute Gasteiger partial charge is 0.389 e. The molecule has 1 heterocycles. The second-order valence-electron chi connectivity index (χ2n) is 3.34. The fourth-order valence-electron chi connectivity index (χ4n) is 1.14. The van der Waals surface area contributed by atoms with Gasteiger partial charge < -0.3 is 5.32 Å². The fourth-order valence-corrected chi connectivity index (χ4v) is 1.31. The molecule has 1 aromatic heterocycles. The van der Waals surface area contributed by atoms with E-state index in [1.807, 2.05) is 0 Å². The van der Waals surface area contributed by atoms with Crippen molar-refractivity contribution in [3.63, 3.8) is 0 Å². The second kappa shape index (κ2) is 5.86. The molecule has 0 atom stereocenters. The average Bonchev–Trinajstić information content (AvgIpc) is 2.23. The Morgan fingerprint density at radius 2 is 2.18 bits per heavy atom. The van der Waals surface area contributed by atoms with E-state index in [-0.39, 0.29) is 23.7 Å². The van der Waals surface area contributed by atoms with E-state index in [4.69, 9.17) is 11.6 Å². The zero-order valence-corrected chi connectivity index (χ0v) is 9.48. The Morgan fingerprint density at radius 1 is 1.47 bits per heavy atom. The minimum Gasteiger partial charge on any atom is -0.352 e. The number of carbonyl (C=O) groups is 1. The zero-order valence-electron chi connectivity index (χ0n) is 8.72. The van der Waals surface area contributed by atoms with Crippen LogP contribution in [-0.2, 0) is 0 Å². The first-order valence-corrected chi connectivity index (χ1v) is 5.23. The van der Waals surface area contributed by atoms with Gasteiger partial charge in [0, 0.05) is 24.7 Å². The van der Waals surface area contributed by atoms with Crippen molar-refractivity contribution in [3.05, 3.63) is 29.0 Å². The van der Waals surface area contributed by atoms with Crippen LogP contribution in [0.2, 0.25) is 5.15 Å². The van der Waals surface area contributed by atoms with Gasteiger partial charge in [-0.25, -0.2) is 4.98 Å². The van der Waals surface area contributed by atoms with Crippen LogP contribution in [0.15, 0.2) is 18.3 Å². The van der Waals surface area contributed by atoms with E-state index in [2.05, 4.69) is 10.3 Å². The molecule has 1 amide bonds.